The van der Waals surface area contributed by atoms with Crippen molar-refractivity contribution in [2.45, 2.75) is 6.92 Å². The molecule has 0 saturated heterocycles. The summed E-state index contributed by atoms with van der Waals surface area (Å²) < 4.78 is 4.72. The van der Waals surface area contributed by atoms with E-state index in [1.807, 2.05) is 0 Å². The summed E-state index contributed by atoms with van der Waals surface area (Å²) in [4.78, 5) is 22.1. The summed E-state index contributed by atoms with van der Waals surface area (Å²) >= 11 is 5.35. The van der Waals surface area contributed by atoms with Crippen LogP contribution < -0.4 is 10.6 Å². The van der Waals surface area contributed by atoms with Gasteiger partial charge in [0.2, 0.25) is 5.91 Å². The molecule has 6 heteroatoms. The molecule has 1 rings (SSSR count). The number of benzene rings is 1. The van der Waals surface area contributed by atoms with Gasteiger partial charge in [-0.3, -0.25) is 10.1 Å². The van der Waals surface area contributed by atoms with E-state index in [0.717, 1.165) is 0 Å². The zero-order valence-electron chi connectivity index (χ0n) is 9.33. The number of rotatable bonds is 4. The number of ether oxygens (including phenoxy) is 1. The molecule has 0 radical (unpaired) electrons. The van der Waals surface area contributed by atoms with Crippen LogP contribution in [0.15, 0.2) is 24.3 Å². The Morgan fingerprint density at radius 3 is 2.18 bits per heavy atom. The zero-order valence-corrected chi connectivity index (χ0v) is 10.1. The third kappa shape index (κ3) is 4.74. The van der Waals surface area contributed by atoms with Crippen molar-refractivity contribution in [3.05, 3.63) is 24.3 Å². The molecule has 1 aromatic carbocycles. The van der Waals surface area contributed by atoms with Gasteiger partial charge in [0.25, 0.3) is 0 Å². The van der Waals surface area contributed by atoms with Gasteiger partial charge >= 0.3 is 6.09 Å². The molecule has 2 N–H and O–H groups in total. The average molecular weight is 257 g/mol. The lowest BCUT2D eigenvalue weighted by Gasteiger charge is -2.06. The van der Waals surface area contributed by atoms with Crippen LogP contribution in [-0.2, 0) is 9.53 Å². The fourth-order valence-electron chi connectivity index (χ4n) is 1.12. The van der Waals surface area contributed by atoms with Crippen molar-refractivity contribution in [3.63, 3.8) is 0 Å². The molecule has 0 aromatic heterocycles. The Morgan fingerprint density at radius 1 is 1.18 bits per heavy atom. The topological polar surface area (TPSA) is 67.4 Å². The van der Waals surface area contributed by atoms with Crippen LogP contribution >= 0.6 is 11.6 Å². The maximum Gasteiger partial charge on any atom is 0.411 e. The molecule has 5 nitrogen and oxygen atoms in total. The minimum atomic E-state index is -0.509. The lowest BCUT2D eigenvalue weighted by atomic mass is 10.3. The molecule has 0 aliphatic rings. The molecule has 2 amide bonds. The lowest BCUT2D eigenvalue weighted by molar-refractivity contribution is -0.113. The Hall–Kier alpha value is -1.75. The van der Waals surface area contributed by atoms with Gasteiger partial charge in [0.15, 0.2) is 0 Å². The second-order valence-electron chi connectivity index (χ2n) is 3.10. The number of amides is 2. The van der Waals surface area contributed by atoms with Crippen molar-refractivity contribution in [1.82, 2.24) is 0 Å². The Balaban J connectivity index is 2.55. The van der Waals surface area contributed by atoms with E-state index in [9.17, 15) is 9.59 Å². The van der Waals surface area contributed by atoms with E-state index in [4.69, 9.17) is 16.3 Å². The van der Waals surface area contributed by atoms with Crippen molar-refractivity contribution in [2.75, 3.05) is 23.1 Å². The molecule has 0 spiro atoms. The lowest BCUT2D eigenvalue weighted by Crippen LogP contribution is -2.14. The highest BCUT2D eigenvalue weighted by atomic mass is 35.5. The highest BCUT2D eigenvalue weighted by Gasteiger charge is 2.03. The molecule has 0 saturated carbocycles. The summed E-state index contributed by atoms with van der Waals surface area (Å²) in [6, 6.07) is 6.62. The van der Waals surface area contributed by atoms with Gasteiger partial charge in [-0.25, -0.2) is 4.79 Å². The largest absolute Gasteiger partial charge is 0.450 e. The molecule has 0 unspecified atom stereocenters. The summed E-state index contributed by atoms with van der Waals surface area (Å²) in [6.07, 6.45) is -0.509. The predicted octanol–water partition coefficient (Wildman–Crippen LogP) is 2.43. The normalized spacial score (nSPS) is 9.53. The predicted molar refractivity (Wildman–Crippen MR) is 66.4 cm³/mol. The third-order valence-electron chi connectivity index (χ3n) is 1.81. The number of hydrogen-bond acceptors (Lipinski definition) is 3. The molecule has 0 heterocycles. The molecular weight excluding hydrogens is 244 g/mol. The van der Waals surface area contributed by atoms with Crippen LogP contribution in [-0.4, -0.2) is 24.5 Å². The molecule has 0 fully saturated rings. The van der Waals surface area contributed by atoms with Gasteiger partial charge in [-0.1, -0.05) is 0 Å². The first-order valence-corrected chi connectivity index (χ1v) is 5.58. The van der Waals surface area contributed by atoms with Crippen LogP contribution in [0, 0.1) is 0 Å². The molecule has 17 heavy (non-hydrogen) atoms. The molecular formula is C11H13ClN2O3. The number of halogens is 1. The molecule has 1 aromatic rings. The van der Waals surface area contributed by atoms with Crippen LogP contribution in [0.25, 0.3) is 0 Å². The Morgan fingerprint density at radius 2 is 1.71 bits per heavy atom. The average Bonchev–Trinajstić information content (AvgIpc) is 2.32. The van der Waals surface area contributed by atoms with Crippen LogP contribution in [0.4, 0.5) is 16.2 Å². The van der Waals surface area contributed by atoms with Crippen LogP contribution in [0.5, 0.6) is 0 Å². The van der Waals surface area contributed by atoms with Crippen molar-refractivity contribution < 1.29 is 14.3 Å². The van der Waals surface area contributed by atoms with E-state index < -0.39 is 6.09 Å². The van der Waals surface area contributed by atoms with Gasteiger partial charge < -0.3 is 10.1 Å². The summed E-state index contributed by atoms with van der Waals surface area (Å²) in [5.74, 6) is -0.374. The van der Waals surface area contributed by atoms with Gasteiger partial charge in [-0.15, -0.1) is 11.6 Å². The van der Waals surface area contributed by atoms with Crippen LogP contribution in [0.1, 0.15) is 6.92 Å². The first kappa shape index (κ1) is 13.3. The minimum Gasteiger partial charge on any atom is -0.450 e. The van der Waals surface area contributed by atoms with E-state index in [1.165, 1.54) is 0 Å². The van der Waals surface area contributed by atoms with E-state index in [0.29, 0.717) is 18.0 Å². The third-order valence-corrected chi connectivity index (χ3v) is 2.05. The van der Waals surface area contributed by atoms with E-state index in [-0.39, 0.29) is 11.8 Å². The summed E-state index contributed by atoms with van der Waals surface area (Å²) in [7, 11) is 0. The second-order valence-corrected chi connectivity index (χ2v) is 3.37. The Bertz CT molecular complexity index is 392. The summed E-state index contributed by atoms with van der Waals surface area (Å²) in [5.41, 5.74) is 1.21. The number of carbonyl (C=O) groups is 2. The van der Waals surface area contributed by atoms with Crippen molar-refractivity contribution >= 4 is 35.0 Å². The quantitative estimate of drug-likeness (QED) is 0.813. The van der Waals surface area contributed by atoms with Gasteiger partial charge in [0.05, 0.1) is 6.61 Å². The molecule has 0 aliphatic heterocycles. The SMILES string of the molecule is CCOC(=O)Nc1ccc(NC(=O)CCl)cc1. The van der Waals surface area contributed by atoms with Gasteiger partial charge in [0, 0.05) is 11.4 Å². The standard InChI is InChI=1S/C11H13ClN2O3/c1-2-17-11(16)14-9-5-3-8(4-6-9)13-10(15)7-12/h3-6H,2,7H2,1H3,(H,13,15)(H,14,16). The highest BCUT2D eigenvalue weighted by molar-refractivity contribution is 6.29. The monoisotopic (exact) mass is 256 g/mol. The van der Waals surface area contributed by atoms with Crippen molar-refractivity contribution in [3.8, 4) is 0 Å². The van der Waals surface area contributed by atoms with Crippen molar-refractivity contribution in [2.24, 2.45) is 0 Å². The highest BCUT2D eigenvalue weighted by Crippen LogP contribution is 2.13. The van der Waals surface area contributed by atoms with Gasteiger partial charge in [0.1, 0.15) is 5.88 Å². The summed E-state index contributed by atoms with van der Waals surface area (Å²) in [5, 5.41) is 5.12. The first-order chi connectivity index (χ1) is 8.15. The number of alkyl halides is 1. The second kappa shape index (κ2) is 6.75. The molecule has 0 atom stereocenters. The summed E-state index contributed by atoms with van der Waals surface area (Å²) in [6.45, 7) is 2.04. The number of anilines is 2. The van der Waals surface area contributed by atoms with E-state index >= 15 is 0 Å². The molecule has 0 aliphatic carbocycles. The number of nitrogens with one attached hydrogen (secondary N) is 2. The van der Waals surface area contributed by atoms with Crippen LogP contribution in [0.3, 0.4) is 0 Å². The van der Waals surface area contributed by atoms with E-state index in [2.05, 4.69) is 10.6 Å². The molecule has 0 bridgehead atoms. The van der Waals surface area contributed by atoms with E-state index in [1.54, 1.807) is 31.2 Å². The number of carbonyl (C=O) groups excluding carboxylic acids is 2. The fraction of sp³-hybridized carbons (Fsp3) is 0.273. The Labute approximate surface area is 104 Å². The maximum atomic E-state index is 11.1. The van der Waals surface area contributed by atoms with Gasteiger partial charge in [-0.2, -0.15) is 0 Å². The zero-order chi connectivity index (χ0) is 12.7. The number of hydrogen-bond donors (Lipinski definition) is 2. The van der Waals surface area contributed by atoms with Crippen LogP contribution in [0.2, 0.25) is 0 Å². The smallest absolute Gasteiger partial charge is 0.411 e. The fourth-order valence-corrected chi connectivity index (χ4v) is 1.18. The maximum absolute atomic E-state index is 11.1. The first-order valence-electron chi connectivity index (χ1n) is 5.05. The van der Waals surface area contributed by atoms with Crippen molar-refractivity contribution in [1.29, 1.82) is 0 Å². The Kier molecular flexibility index (Phi) is 5.29. The minimum absolute atomic E-state index is 0.0944. The van der Waals surface area contributed by atoms with Gasteiger partial charge in [-0.05, 0) is 31.2 Å². The molecule has 92 valence electrons.